The Hall–Kier alpha value is -3.52. The molecule has 0 amide bonds. The smallest absolute Gasteiger partial charge is 0.227 e. The number of benzene rings is 1. The number of hydrogen-bond donors (Lipinski definition) is 2. The highest BCUT2D eigenvalue weighted by atomic mass is 35.5. The molecule has 0 saturated carbocycles. The number of nitriles is 1. The Labute approximate surface area is 189 Å². The molecule has 1 atom stereocenters. The summed E-state index contributed by atoms with van der Waals surface area (Å²) in [4.78, 5) is 21.4. The zero-order valence-electron chi connectivity index (χ0n) is 17.2. The largest absolute Gasteiger partial charge is 0.495 e. The quantitative estimate of drug-likeness (QED) is 0.518. The van der Waals surface area contributed by atoms with Gasteiger partial charge in [0, 0.05) is 30.4 Å². The summed E-state index contributed by atoms with van der Waals surface area (Å²) in [6.07, 6.45) is 4.23. The molecule has 2 aromatic heterocycles. The molecule has 1 aliphatic rings. The molecule has 2 N–H and O–H groups in total. The van der Waals surface area contributed by atoms with Crippen LogP contribution < -0.4 is 15.4 Å². The number of halogens is 1. The molecule has 4 rings (SSSR count). The molecule has 32 heavy (non-hydrogen) atoms. The predicted molar refractivity (Wildman–Crippen MR) is 117 cm³/mol. The van der Waals surface area contributed by atoms with E-state index in [-0.39, 0.29) is 18.3 Å². The number of hydrogen-bond acceptors (Lipinski definition) is 9. The first-order valence-corrected chi connectivity index (χ1v) is 10.2. The molecule has 0 radical (unpaired) electrons. The Balaban J connectivity index is 1.57. The molecular weight excluding hydrogens is 434 g/mol. The number of ketones is 1. The Morgan fingerprint density at radius 3 is 3.09 bits per heavy atom. The predicted octanol–water partition coefficient (Wildman–Crippen LogP) is 2.44. The van der Waals surface area contributed by atoms with Crippen molar-refractivity contribution in [2.75, 3.05) is 32.1 Å². The first-order chi connectivity index (χ1) is 15.6. The van der Waals surface area contributed by atoms with Gasteiger partial charge in [0.25, 0.3) is 0 Å². The van der Waals surface area contributed by atoms with E-state index in [2.05, 4.69) is 25.7 Å². The van der Waals surface area contributed by atoms with Crippen LogP contribution in [-0.2, 0) is 11.3 Å². The van der Waals surface area contributed by atoms with Crippen molar-refractivity contribution < 1.29 is 14.3 Å². The molecule has 164 valence electrons. The number of carbonyl (C=O) groups is 1. The lowest BCUT2D eigenvalue weighted by atomic mass is 10.0. The molecule has 0 bridgehead atoms. The fraction of sp³-hybridized carbons (Fsp3) is 0.286. The monoisotopic (exact) mass is 453 g/mol. The Morgan fingerprint density at radius 2 is 2.34 bits per heavy atom. The zero-order valence-corrected chi connectivity index (χ0v) is 18.0. The number of methoxy groups -OCH3 is 1. The lowest BCUT2D eigenvalue weighted by molar-refractivity contribution is 0.0269. The summed E-state index contributed by atoms with van der Waals surface area (Å²) < 4.78 is 12.5. The highest BCUT2D eigenvalue weighted by Gasteiger charge is 2.24. The molecule has 1 saturated heterocycles. The van der Waals surface area contributed by atoms with Gasteiger partial charge in [0.05, 0.1) is 48.6 Å². The van der Waals surface area contributed by atoms with E-state index >= 15 is 0 Å². The van der Waals surface area contributed by atoms with E-state index < -0.39 is 6.10 Å². The van der Waals surface area contributed by atoms with Crippen LogP contribution in [0, 0.1) is 11.3 Å². The van der Waals surface area contributed by atoms with Gasteiger partial charge in [0.2, 0.25) is 5.95 Å². The summed E-state index contributed by atoms with van der Waals surface area (Å²) in [5, 5.41) is 19.5. The average molecular weight is 454 g/mol. The van der Waals surface area contributed by atoms with Crippen LogP contribution in [0.4, 0.5) is 11.6 Å². The van der Waals surface area contributed by atoms with Gasteiger partial charge in [-0.2, -0.15) is 10.4 Å². The molecule has 10 nitrogen and oxygen atoms in total. The van der Waals surface area contributed by atoms with Gasteiger partial charge >= 0.3 is 0 Å². The second-order valence-corrected chi connectivity index (χ2v) is 7.35. The van der Waals surface area contributed by atoms with Crippen LogP contribution in [0.25, 0.3) is 11.3 Å². The van der Waals surface area contributed by atoms with Gasteiger partial charge in [0.15, 0.2) is 5.78 Å². The van der Waals surface area contributed by atoms with E-state index in [1.54, 1.807) is 30.6 Å². The first-order valence-electron chi connectivity index (χ1n) is 9.83. The van der Waals surface area contributed by atoms with Crippen LogP contribution in [-0.4, -0.2) is 58.4 Å². The minimum Gasteiger partial charge on any atom is -0.495 e. The maximum atomic E-state index is 12.7. The van der Waals surface area contributed by atoms with Crippen molar-refractivity contribution in [3.63, 3.8) is 0 Å². The minimum absolute atomic E-state index is 0.110. The number of nitrogens with one attached hydrogen (secondary N) is 2. The third-order valence-electron chi connectivity index (χ3n) is 4.84. The van der Waals surface area contributed by atoms with Gasteiger partial charge in [-0.25, -0.2) is 9.97 Å². The lowest BCUT2D eigenvalue weighted by Crippen LogP contribution is -2.43. The normalized spacial score (nSPS) is 15.7. The number of rotatable bonds is 7. The summed E-state index contributed by atoms with van der Waals surface area (Å²) in [7, 11) is 1.52. The molecular formula is C21H20ClN7O3. The van der Waals surface area contributed by atoms with Crippen LogP contribution in [0.15, 0.2) is 36.8 Å². The number of Topliss-reactive ketones (excluding diaryl/α,β-unsaturated/α-hetero) is 1. The molecule has 1 fully saturated rings. The first kappa shape index (κ1) is 21.7. The summed E-state index contributed by atoms with van der Waals surface area (Å²) >= 11 is 6.27. The molecule has 0 aliphatic carbocycles. The van der Waals surface area contributed by atoms with Crippen LogP contribution >= 0.6 is 11.6 Å². The molecule has 1 aliphatic heterocycles. The molecule has 11 heteroatoms. The Bertz CT molecular complexity index is 1170. The van der Waals surface area contributed by atoms with Crippen LogP contribution in [0.3, 0.4) is 0 Å². The van der Waals surface area contributed by atoms with Crippen molar-refractivity contribution in [2.24, 2.45) is 0 Å². The second kappa shape index (κ2) is 9.74. The van der Waals surface area contributed by atoms with Crippen LogP contribution in [0.5, 0.6) is 5.75 Å². The second-order valence-electron chi connectivity index (χ2n) is 6.94. The number of aromatic nitrogens is 4. The highest BCUT2D eigenvalue weighted by molar-refractivity contribution is 6.32. The summed E-state index contributed by atoms with van der Waals surface area (Å²) in [6.45, 7) is 1.84. The van der Waals surface area contributed by atoms with E-state index in [1.165, 1.54) is 18.0 Å². The van der Waals surface area contributed by atoms with Gasteiger partial charge in [-0.05, 0) is 18.2 Å². The molecule has 3 aromatic rings. The summed E-state index contributed by atoms with van der Waals surface area (Å²) in [6, 6.07) is 7.11. The number of morpholine rings is 1. The zero-order chi connectivity index (χ0) is 22.5. The lowest BCUT2D eigenvalue weighted by Gasteiger charge is -2.22. The van der Waals surface area contributed by atoms with Crippen molar-refractivity contribution in [2.45, 2.75) is 12.6 Å². The van der Waals surface area contributed by atoms with Crippen molar-refractivity contribution in [1.82, 2.24) is 25.1 Å². The third kappa shape index (κ3) is 4.70. The van der Waals surface area contributed by atoms with Crippen LogP contribution in [0.1, 0.15) is 10.4 Å². The highest BCUT2D eigenvalue weighted by Crippen LogP contribution is 2.31. The fourth-order valence-electron chi connectivity index (χ4n) is 3.26. The fourth-order valence-corrected chi connectivity index (χ4v) is 3.46. The van der Waals surface area contributed by atoms with Crippen molar-refractivity contribution in [1.29, 1.82) is 5.26 Å². The molecule has 3 heterocycles. The maximum Gasteiger partial charge on any atom is 0.227 e. The SMILES string of the molecule is COc1cc(C(=O)C2CNCCO2)ccc1Nc1ncc(Cl)c(-c2cnn(CC#N)c2)n1. The number of carbonyl (C=O) groups excluding carboxylic acids is 1. The van der Waals surface area contributed by atoms with Gasteiger partial charge in [-0.15, -0.1) is 0 Å². The average Bonchev–Trinajstić information content (AvgIpc) is 3.29. The van der Waals surface area contributed by atoms with Gasteiger partial charge in [-0.3, -0.25) is 9.48 Å². The number of nitrogens with zero attached hydrogens (tertiary/aromatic N) is 5. The van der Waals surface area contributed by atoms with Crippen molar-refractivity contribution >= 4 is 29.0 Å². The third-order valence-corrected chi connectivity index (χ3v) is 5.11. The number of anilines is 2. The molecule has 1 unspecified atom stereocenters. The molecule has 0 spiro atoms. The Morgan fingerprint density at radius 1 is 1.47 bits per heavy atom. The van der Waals surface area contributed by atoms with Gasteiger partial charge < -0.3 is 20.1 Å². The summed E-state index contributed by atoms with van der Waals surface area (Å²) in [5.41, 5.74) is 2.20. The van der Waals surface area contributed by atoms with Crippen molar-refractivity contribution in [3.05, 3.63) is 47.4 Å². The maximum absolute atomic E-state index is 12.7. The van der Waals surface area contributed by atoms with Gasteiger partial charge in [0.1, 0.15) is 18.4 Å². The van der Waals surface area contributed by atoms with E-state index in [9.17, 15) is 4.79 Å². The summed E-state index contributed by atoms with van der Waals surface area (Å²) in [5.74, 6) is 0.637. The van der Waals surface area contributed by atoms with Gasteiger partial charge in [-0.1, -0.05) is 11.6 Å². The van der Waals surface area contributed by atoms with E-state index in [4.69, 9.17) is 26.3 Å². The van der Waals surface area contributed by atoms with E-state index in [0.29, 0.717) is 46.4 Å². The Kier molecular flexibility index (Phi) is 6.61. The van der Waals surface area contributed by atoms with E-state index in [0.717, 1.165) is 6.54 Å². The van der Waals surface area contributed by atoms with Crippen LogP contribution in [0.2, 0.25) is 5.02 Å². The standard InChI is InChI=1S/C21H20ClN7O3/c1-31-17-8-13(20(30)18-11-24-5-7-32-18)2-3-16(17)27-21-25-10-15(22)19(28-21)14-9-26-29(12-14)6-4-23/h2-3,8-10,12,18,24H,5-7,11H2,1H3,(H,25,27,28). The number of ether oxygens (including phenoxy) is 2. The minimum atomic E-state index is -0.517. The topological polar surface area (TPSA) is 127 Å². The van der Waals surface area contributed by atoms with E-state index in [1.807, 2.05) is 6.07 Å². The van der Waals surface area contributed by atoms with Crippen molar-refractivity contribution in [3.8, 4) is 23.1 Å². The molecule has 1 aromatic carbocycles.